The van der Waals surface area contributed by atoms with Gasteiger partial charge in [-0.15, -0.1) is 0 Å². The lowest BCUT2D eigenvalue weighted by Crippen LogP contribution is -2.17. The molecule has 1 N–H and O–H groups in total. The Hall–Kier alpha value is -0.600. The third-order valence-corrected chi connectivity index (χ3v) is 4.75. The van der Waals surface area contributed by atoms with Crippen molar-refractivity contribution in [2.75, 3.05) is 0 Å². The third kappa shape index (κ3) is 1.98. The molecule has 17 heavy (non-hydrogen) atoms. The summed E-state index contributed by atoms with van der Waals surface area (Å²) in [4.78, 5) is 0. The number of hydrogen-bond acceptors (Lipinski definition) is 1. The van der Waals surface area contributed by atoms with Crippen LogP contribution in [0.2, 0.25) is 5.02 Å². The number of halogens is 2. The van der Waals surface area contributed by atoms with Crippen molar-refractivity contribution in [1.29, 1.82) is 0 Å². The highest BCUT2D eigenvalue weighted by Gasteiger charge is 2.55. The van der Waals surface area contributed by atoms with Gasteiger partial charge in [-0.25, -0.2) is 4.39 Å². The SMILES string of the molecule is OC(Cc1c(F)cccc1Cl)C1C2CCCC21. The maximum Gasteiger partial charge on any atom is 0.127 e. The Morgan fingerprint density at radius 3 is 2.71 bits per heavy atom. The molecular weight excluding hydrogens is 239 g/mol. The van der Waals surface area contributed by atoms with E-state index in [1.807, 2.05) is 0 Å². The second kappa shape index (κ2) is 4.25. The van der Waals surface area contributed by atoms with E-state index in [0.29, 0.717) is 34.8 Å². The van der Waals surface area contributed by atoms with Gasteiger partial charge in [-0.1, -0.05) is 24.1 Å². The third-order valence-electron chi connectivity index (χ3n) is 4.39. The van der Waals surface area contributed by atoms with Crippen LogP contribution in [-0.4, -0.2) is 11.2 Å². The van der Waals surface area contributed by atoms with Crippen LogP contribution in [0.5, 0.6) is 0 Å². The summed E-state index contributed by atoms with van der Waals surface area (Å²) < 4.78 is 13.6. The average Bonchev–Trinajstić information content (AvgIpc) is 2.78. The second-order valence-corrected chi connectivity index (χ2v) is 5.71. The van der Waals surface area contributed by atoms with Gasteiger partial charge in [-0.3, -0.25) is 0 Å². The largest absolute Gasteiger partial charge is 0.392 e. The van der Waals surface area contributed by atoms with Crippen LogP contribution in [-0.2, 0) is 6.42 Å². The summed E-state index contributed by atoms with van der Waals surface area (Å²) in [5.41, 5.74) is 0.464. The van der Waals surface area contributed by atoms with Gasteiger partial charge in [0, 0.05) is 17.0 Å². The second-order valence-electron chi connectivity index (χ2n) is 5.31. The molecule has 0 aromatic heterocycles. The van der Waals surface area contributed by atoms with Gasteiger partial charge in [-0.2, -0.15) is 0 Å². The van der Waals surface area contributed by atoms with E-state index in [1.54, 1.807) is 12.1 Å². The number of rotatable bonds is 3. The number of hydrogen-bond donors (Lipinski definition) is 1. The molecule has 0 radical (unpaired) electrons. The van der Waals surface area contributed by atoms with Crippen LogP contribution in [0, 0.1) is 23.6 Å². The number of aliphatic hydroxyl groups excluding tert-OH is 1. The average molecular weight is 255 g/mol. The van der Waals surface area contributed by atoms with E-state index in [9.17, 15) is 9.50 Å². The first-order chi connectivity index (χ1) is 8.18. The van der Waals surface area contributed by atoms with Gasteiger partial charge < -0.3 is 5.11 Å². The Bertz CT molecular complexity index is 404. The van der Waals surface area contributed by atoms with Crippen molar-refractivity contribution in [2.24, 2.45) is 17.8 Å². The van der Waals surface area contributed by atoms with Gasteiger partial charge in [0.1, 0.15) is 5.82 Å². The number of benzene rings is 1. The zero-order valence-corrected chi connectivity index (χ0v) is 10.3. The molecule has 0 spiro atoms. The van der Waals surface area contributed by atoms with E-state index in [1.165, 1.54) is 25.3 Å². The predicted molar refractivity (Wildman–Crippen MR) is 65.4 cm³/mol. The van der Waals surface area contributed by atoms with Crippen molar-refractivity contribution in [1.82, 2.24) is 0 Å². The molecule has 2 saturated carbocycles. The topological polar surface area (TPSA) is 20.2 Å². The van der Waals surface area contributed by atoms with Crippen LogP contribution < -0.4 is 0 Å². The molecule has 1 nitrogen and oxygen atoms in total. The number of aliphatic hydroxyl groups is 1. The minimum absolute atomic E-state index is 0.303. The lowest BCUT2D eigenvalue weighted by molar-refractivity contribution is 0.134. The number of fused-ring (bicyclic) bond motifs is 1. The molecule has 3 unspecified atom stereocenters. The highest BCUT2D eigenvalue weighted by Crippen LogP contribution is 2.59. The van der Waals surface area contributed by atoms with Crippen LogP contribution in [0.4, 0.5) is 4.39 Å². The molecule has 1 aromatic carbocycles. The monoisotopic (exact) mass is 254 g/mol. The standard InChI is InChI=1S/C14H16ClFO/c15-11-5-2-6-12(16)10(11)7-13(17)14-8-3-1-4-9(8)14/h2,5-6,8-9,13-14,17H,1,3-4,7H2. The summed E-state index contributed by atoms with van der Waals surface area (Å²) in [5, 5.41) is 10.6. The van der Waals surface area contributed by atoms with Crippen molar-refractivity contribution in [3.63, 3.8) is 0 Å². The fourth-order valence-corrected chi connectivity index (χ4v) is 3.76. The molecule has 2 aliphatic carbocycles. The molecule has 2 aliphatic rings. The molecule has 2 fully saturated rings. The smallest absolute Gasteiger partial charge is 0.127 e. The van der Waals surface area contributed by atoms with Crippen LogP contribution in [0.15, 0.2) is 18.2 Å². The first-order valence-electron chi connectivity index (χ1n) is 6.29. The summed E-state index contributed by atoms with van der Waals surface area (Å²) in [5.74, 6) is 1.47. The molecule has 0 aliphatic heterocycles. The highest BCUT2D eigenvalue weighted by molar-refractivity contribution is 6.31. The molecule has 3 heteroatoms. The fraction of sp³-hybridized carbons (Fsp3) is 0.571. The Balaban J connectivity index is 1.71. The molecular formula is C14H16ClFO. The van der Waals surface area contributed by atoms with E-state index in [0.717, 1.165) is 0 Å². The maximum atomic E-state index is 13.6. The molecule has 0 amide bonds. The Morgan fingerprint density at radius 1 is 1.35 bits per heavy atom. The normalized spacial score (nSPS) is 32.3. The lowest BCUT2D eigenvalue weighted by atomic mass is 9.99. The van der Waals surface area contributed by atoms with Crippen LogP contribution in [0.1, 0.15) is 24.8 Å². The first kappa shape index (κ1) is 11.5. The zero-order chi connectivity index (χ0) is 12.0. The van der Waals surface area contributed by atoms with E-state index in [4.69, 9.17) is 11.6 Å². The fourth-order valence-electron chi connectivity index (χ4n) is 3.52. The lowest BCUT2D eigenvalue weighted by Gasteiger charge is -2.14. The van der Waals surface area contributed by atoms with Crippen LogP contribution >= 0.6 is 11.6 Å². The first-order valence-corrected chi connectivity index (χ1v) is 6.67. The quantitative estimate of drug-likeness (QED) is 0.876. The summed E-state index contributed by atoms with van der Waals surface area (Å²) >= 11 is 5.97. The summed E-state index contributed by atoms with van der Waals surface area (Å²) in [6.45, 7) is 0. The summed E-state index contributed by atoms with van der Waals surface area (Å²) in [6, 6.07) is 4.68. The van der Waals surface area contributed by atoms with Gasteiger partial charge in [0.15, 0.2) is 0 Å². The van der Waals surface area contributed by atoms with E-state index in [-0.39, 0.29) is 5.82 Å². The van der Waals surface area contributed by atoms with Gasteiger partial charge in [0.25, 0.3) is 0 Å². The van der Waals surface area contributed by atoms with E-state index < -0.39 is 6.10 Å². The molecule has 3 rings (SSSR count). The summed E-state index contributed by atoms with van der Waals surface area (Å²) in [6.07, 6.45) is 3.68. The Morgan fingerprint density at radius 2 is 2.06 bits per heavy atom. The van der Waals surface area contributed by atoms with Crippen LogP contribution in [0.3, 0.4) is 0 Å². The van der Waals surface area contributed by atoms with Gasteiger partial charge in [0.05, 0.1) is 6.10 Å². The minimum Gasteiger partial charge on any atom is -0.392 e. The van der Waals surface area contributed by atoms with Gasteiger partial charge in [0.2, 0.25) is 0 Å². The molecule has 1 aromatic rings. The molecule has 3 atom stereocenters. The van der Waals surface area contributed by atoms with E-state index >= 15 is 0 Å². The molecule has 0 heterocycles. The summed E-state index contributed by atoms with van der Waals surface area (Å²) in [7, 11) is 0. The Kier molecular flexibility index (Phi) is 2.87. The van der Waals surface area contributed by atoms with Crippen molar-refractivity contribution in [3.05, 3.63) is 34.6 Å². The van der Waals surface area contributed by atoms with Crippen LogP contribution in [0.25, 0.3) is 0 Å². The molecule has 92 valence electrons. The Labute approximate surface area is 106 Å². The van der Waals surface area contributed by atoms with Crippen molar-refractivity contribution in [2.45, 2.75) is 31.8 Å². The van der Waals surface area contributed by atoms with Crippen molar-refractivity contribution in [3.8, 4) is 0 Å². The maximum absolute atomic E-state index is 13.6. The molecule has 0 saturated heterocycles. The predicted octanol–water partition coefficient (Wildman–Crippen LogP) is 3.43. The minimum atomic E-state index is -0.431. The molecule has 0 bridgehead atoms. The van der Waals surface area contributed by atoms with Gasteiger partial charge >= 0.3 is 0 Å². The van der Waals surface area contributed by atoms with Crippen molar-refractivity contribution >= 4 is 11.6 Å². The van der Waals surface area contributed by atoms with Gasteiger partial charge in [-0.05, 0) is 42.7 Å². The highest BCUT2D eigenvalue weighted by atomic mass is 35.5. The van der Waals surface area contributed by atoms with E-state index in [2.05, 4.69) is 0 Å². The zero-order valence-electron chi connectivity index (χ0n) is 9.57. The van der Waals surface area contributed by atoms with Crippen molar-refractivity contribution < 1.29 is 9.50 Å².